The number of amides is 1. The Hall–Kier alpha value is -2.04. The summed E-state index contributed by atoms with van der Waals surface area (Å²) < 4.78 is 0. The van der Waals surface area contributed by atoms with Crippen LogP contribution in [0.5, 0.6) is 0 Å². The van der Waals surface area contributed by atoms with Crippen molar-refractivity contribution in [2.45, 2.75) is 31.7 Å². The van der Waals surface area contributed by atoms with Crippen LogP contribution in [0.3, 0.4) is 0 Å². The molecule has 2 heterocycles. The number of carbonyl (C=O) groups excluding carboxylic acids is 3. The lowest BCUT2D eigenvalue weighted by molar-refractivity contribution is -0.133. The molecule has 5 nitrogen and oxygen atoms in total. The molecule has 2 aliphatic rings. The summed E-state index contributed by atoms with van der Waals surface area (Å²) in [5.41, 5.74) is 1.38. The van der Waals surface area contributed by atoms with Crippen molar-refractivity contribution in [3.63, 3.8) is 0 Å². The van der Waals surface area contributed by atoms with Gasteiger partial charge in [0.2, 0.25) is 0 Å². The van der Waals surface area contributed by atoms with E-state index < -0.39 is 6.04 Å². The minimum absolute atomic E-state index is 0.0239. The van der Waals surface area contributed by atoms with Gasteiger partial charge < -0.3 is 4.90 Å². The minimum Gasteiger partial charge on any atom is -0.327 e. The predicted molar refractivity (Wildman–Crippen MR) is 66.6 cm³/mol. The summed E-state index contributed by atoms with van der Waals surface area (Å²) in [6.07, 6.45) is 3.10. The standard InChI is InChI=1S/C14H14N2O3/c17-10-3-4-11(12(18)8-10)16-7-5-9-2-1-6-15-13(9)14(16)19/h1-2,6,11H,3-5,7-8H2. The van der Waals surface area contributed by atoms with E-state index in [1.54, 1.807) is 11.1 Å². The van der Waals surface area contributed by atoms with Gasteiger partial charge in [0.05, 0.1) is 12.5 Å². The van der Waals surface area contributed by atoms with Crippen molar-refractivity contribution in [1.82, 2.24) is 9.88 Å². The van der Waals surface area contributed by atoms with Crippen LogP contribution in [0.1, 0.15) is 35.3 Å². The Morgan fingerprint density at radius 3 is 2.84 bits per heavy atom. The summed E-state index contributed by atoms with van der Waals surface area (Å²) in [6.45, 7) is 0.530. The largest absolute Gasteiger partial charge is 0.327 e. The Kier molecular flexibility index (Phi) is 2.89. The van der Waals surface area contributed by atoms with E-state index >= 15 is 0 Å². The molecule has 1 fully saturated rings. The van der Waals surface area contributed by atoms with Gasteiger partial charge in [-0.3, -0.25) is 19.4 Å². The van der Waals surface area contributed by atoms with Gasteiger partial charge in [-0.1, -0.05) is 6.07 Å². The zero-order valence-electron chi connectivity index (χ0n) is 10.5. The topological polar surface area (TPSA) is 67.3 Å². The van der Waals surface area contributed by atoms with Gasteiger partial charge in [0.15, 0.2) is 5.78 Å². The molecule has 1 aliphatic carbocycles. The normalized spacial score (nSPS) is 23.5. The maximum Gasteiger partial charge on any atom is 0.273 e. The molecule has 1 aromatic rings. The molecule has 1 aromatic heterocycles. The number of fused-ring (bicyclic) bond motifs is 1. The van der Waals surface area contributed by atoms with E-state index in [4.69, 9.17) is 0 Å². The predicted octanol–water partition coefficient (Wildman–Crippen LogP) is 0.771. The highest BCUT2D eigenvalue weighted by Gasteiger charge is 2.37. The lowest BCUT2D eigenvalue weighted by Crippen LogP contribution is -2.50. The van der Waals surface area contributed by atoms with Crippen LogP contribution in [0, 0.1) is 0 Å². The molecule has 1 aliphatic heterocycles. The van der Waals surface area contributed by atoms with Crippen LogP contribution in [0.15, 0.2) is 18.3 Å². The second-order valence-corrected chi connectivity index (χ2v) is 5.00. The van der Waals surface area contributed by atoms with Gasteiger partial charge in [0, 0.05) is 19.2 Å². The van der Waals surface area contributed by atoms with Crippen LogP contribution in [0.25, 0.3) is 0 Å². The van der Waals surface area contributed by atoms with E-state index in [9.17, 15) is 14.4 Å². The van der Waals surface area contributed by atoms with Crippen LogP contribution in [0.4, 0.5) is 0 Å². The van der Waals surface area contributed by atoms with Gasteiger partial charge in [-0.15, -0.1) is 0 Å². The van der Waals surface area contributed by atoms with Crippen LogP contribution in [-0.2, 0) is 16.0 Å². The molecular weight excluding hydrogens is 244 g/mol. The molecule has 0 spiro atoms. The zero-order valence-corrected chi connectivity index (χ0v) is 10.5. The number of hydrogen-bond donors (Lipinski definition) is 0. The number of ketones is 2. The quantitative estimate of drug-likeness (QED) is 0.698. The fourth-order valence-electron chi connectivity index (χ4n) is 2.80. The second kappa shape index (κ2) is 4.57. The molecule has 98 valence electrons. The molecular formula is C14H14N2O3. The fraction of sp³-hybridized carbons (Fsp3) is 0.429. The molecule has 1 unspecified atom stereocenters. The second-order valence-electron chi connectivity index (χ2n) is 5.00. The van der Waals surface area contributed by atoms with Gasteiger partial charge in [0.25, 0.3) is 5.91 Å². The summed E-state index contributed by atoms with van der Waals surface area (Å²) >= 11 is 0. The Morgan fingerprint density at radius 1 is 1.21 bits per heavy atom. The van der Waals surface area contributed by atoms with Gasteiger partial charge in [0.1, 0.15) is 11.5 Å². The number of aromatic nitrogens is 1. The van der Waals surface area contributed by atoms with Crippen molar-refractivity contribution in [1.29, 1.82) is 0 Å². The van der Waals surface area contributed by atoms with Crippen molar-refractivity contribution in [2.75, 3.05) is 6.54 Å². The molecule has 5 heteroatoms. The average molecular weight is 258 g/mol. The Morgan fingerprint density at radius 2 is 2.05 bits per heavy atom. The van der Waals surface area contributed by atoms with Crippen molar-refractivity contribution in [2.24, 2.45) is 0 Å². The van der Waals surface area contributed by atoms with Gasteiger partial charge in [-0.25, -0.2) is 0 Å². The van der Waals surface area contributed by atoms with E-state index in [2.05, 4.69) is 4.98 Å². The molecule has 3 rings (SSSR count). The summed E-state index contributed by atoms with van der Waals surface area (Å²) in [4.78, 5) is 41.2. The molecule has 19 heavy (non-hydrogen) atoms. The molecule has 0 radical (unpaired) electrons. The third-order valence-corrected chi connectivity index (χ3v) is 3.79. The highest BCUT2D eigenvalue weighted by Crippen LogP contribution is 2.24. The highest BCUT2D eigenvalue weighted by molar-refractivity contribution is 6.06. The summed E-state index contributed by atoms with van der Waals surface area (Å²) in [5.74, 6) is -0.345. The summed E-state index contributed by atoms with van der Waals surface area (Å²) in [7, 11) is 0. The van der Waals surface area contributed by atoms with E-state index in [0.717, 1.165) is 5.56 Å². The van der Waals surface area contributed by atoms with Gasteiger partial charge in [-0.05, 0) is 24.5 Å². The molecule has 0 N–H and O–H groups in total. The summed E-state index contributed by atoms with van der Waals surface area (Å²) in [5, 5.41) is 0. The summed E-state index contributed by atoms with van der Waals surface area (Å²) in [6, 6.07) is 3.26. The Balaban J connectivity index is 1.86. The maximum atomic E-state index is 12.4. The average Bonchev–Trinajstić information content (AvgIpc) is 2.41. The van der Waals surface area contributed by atoms with E-state index in [-0.39, 0.29) is 23.9 Å². The monoisotopic (exact) mass is 258 g/mol. The van der Waals surface area contributed by atoms with Crippen molar-refractivity contribution in [3.05, 3.63) is 29.6 Å². The number of pyridine rings is 1. The maximum absolute atomic E-state index is 12.4. The van der Waals surface area contributed by atoms with E-state index in [1.807, 2.05) is 12.1 Å². The van der Waals surface area contributed by atoms with Crippen molar-refractivity contribution in [3.8, 4) is 0 Å². The minimum atomic E-state index is -0.444. The van der Waals surface area contributed by atoms with Gasteiger partial charge >= 0.3 is 0 Å². The molecule has 0 saturated heterocycles. The number of carbonyl (C=O) groups is 3. The first-order valence-electron chi connectivity index (χ1n) is 6.46. The number of hydrogen-bond acceptors (Lipinski definition) is 4. The van der Waals surface area contributed by atoms with Crippen molar-refractivity contribution < 1.29 is 14.4 Å². The third kappa shape index (κ3) is 2.05. The lowest BCUT2D eigenvalue weighted by Gasteiger charge is -2.35. The first kappa shape index (κ1) is 12.0. The van der Waals surface area contributed by atoms with E-state index in [0.29, 0.717) is 31.5 Å². The fourth-order valence-corrected chi connectivity index (χ4v) is 2.80. The van der Waals surface area contributed by atoms with Crippen LogP contribution in [-0.4, -0.2) is 39.9 Å². The first-order valence-corrected chi connectivity index (χ1v) is 6.46. The van der Waals surface area contributed by atoms with Crippen LogP contribution >= 0.6 is 0 Å². The van der Waals surface area contributed by atoms with Crippen LogP contribution in [0.2, 0.25) is 0 Å². The number of nitrogens with zero attached hydrogens (tertiary/aromatic N) is 2. The van der Waals surface area contributed by atoms with Gasteiger partial charge in [-0.2, -0.15) is 0 Å². The zero-order chi connectivity index (χ0) is 13.4. The first-order chi connectivity index (χ1) is 9.16. The molecule has 1 atom stereocenters. The molecule has 0 bridgehead atoms. The number of rotatable bonds is 1. The SMILES string of the molecule is O=C1CCC(N2CCc3cccnc3C2=O)C(=O)C1. The molecule has 0 aromatic carbocycles. The molecule has 1 amide bonds. The number of Topliss-reactive ketones (excluding diaryl/α,β-unsaturated/α-hetero) is 2. The van der Waals surface area contributed by atoms with Crippen LogP contribution < -0.4 is 0 Å². The Bertz CT molecular complexity index is 568. The smallest absolute Gasteiger partial charge is 0.273 e. The van der Waals surface area contributed by atoms with Crippen molar-refractivity contribution >= 4 is 17.5 Å². The highest BCUT2D eigenvalue weighted by atomic mass is 16.2. The third-order valence-electron chi connectivity index (χ3n) is 3.79. The molecule has 1 saturated carbocycles. The van der Waals surface area contributed by atoms with E-state index in [1.165, 1.54) is 0 Å². The Labute approximate surface area is 110 Å². The lowest BCUT2D eigenvalue weighted by atomic mass is 9.90.